The fourth-order valence-electron chi connectivity index (χ4n) is 2.16. The minimum atomic E-state index is -0.646. The van der Waals surface area contributed by atoms with Gasteiger partial charge in [-0.3, -0.25) is 0 Å². The van der Waals surface area contributed by atoms with E-state index >= 15 is 0 Å². The van der Waals surface area contributed by atoms with Crippen LogP contribution >= 0.6 is 11.6 Å². The van der Waals surface area contributed by atoms with Gasteiger partial charge in [-0.2, -0.15) is 5.10 Å². The zero-order chi connectivity index (χ0) is 14.8. The summed E-state index contributed by atoms with van der Waals surface area (Å²) in [6.07, 6.45) is 2.40. The van der Waals surface area contributed by atoms with E-state index in [1.54, 1.807) is 11.0 Å². The second-order valence-electron chi connectivity index (χ2n) is 5.99. The largest absolute Gasteiger partial charge is 0.390 e. The third-order valence-electron chi connectivity index (χ3n) is 3.37. The van der Waals surface area contributed by atoms with Crippen LogP contribution in [0.1, 0.15) is 37.8 Å². The number of benzene rings is 1. The predicted molar refractivity (Wildman–Crippen MR) is 79.6 cm³/mol. The molecule has 3 unspecified atom stereocenters. The summed E-state index contributed by atoms with van der Waals surface area (Å²) in [5.41, 5.74) is 0.649. The first kappa shape index (κ1) is 15.0. The fraction of sp³-hybridized carbons (Fsp3) is 0.467. The third-order valence-corrected chi connectivity index (χ3v) is 3.88. The van der Waals surface area contributed by atoms with E-state index < -0.39 is 6.10 Å². The molecule has 0 aliphatic rings. The molecule has 5 heteroatoms. The van der Waals surface area contributed by atoms with Crippen LogP contribution in [0.4, 0.5) is 0 Å². The average Bonchev–Trinajstić information content (AvgIpc) is 2.92. The molecule has 2 aromatic rings. The van der Waals surface area contributed by atoms with Crippen molar-refractivity contribution in [2.24, 2.45) is 5.41 Å². The second-order valence-corrected chi connectivity index (χ2v) is 6.46. The van der Waals surface area contributed by atoms with E-state index in [1.165, 1.54) is 6.33 Å². The molecule has 3 atom stereocenters. The molecule has 0 saturated heterocycles. The van der Waals surface area contributed by atoms with Gasteiger partial charge in [0.2, 0.25) is 0 Å². The lowest BCUT2D eigenvalue weighted by Crippen LogP contribution is -2.38. The van der Waals surface area contributed by atoms with Crippen LogP contribution in [0.2, 0.25) is 0 Å². The number of alkyl halides is 1. The van der Waals surface area contributed by atoms with E-state index in [4.69, 9.17) is 11.6 Å². The topological polar surface area (TPSA) is 50.9 Å². The summed E-state index contributed by atoms with van der Waals surface area (Å²) in [6.45, 7) is 5.95. The number of hydrogen-bond acceptors (Lipinski definition) is 3. The van der Waals surface area contributed by atoms with Crippen molar-refractivity contribution in [1.82, 2.24) is 14.8 Å². The summed E-state index contributed by atoms with van der Waals surface area (Å²) in [5, 5.41) is 14.5. The molecular weight excluding hydrogens is 274 g/mol. The molecule has 108 valence electrons. The number of rotatable bonds is 4. The summed E-state index contributed by atoms with van der Waals surface area (Å²) in [5.74, 6) is 0. The zero-order valence-corrected chi connectivity index (χ0v) is 12.7. The Labute approximate surface area is 124 Å². The van der Waals surface area contributed by atoms with Gasteiger partial charge in [0.15, 0.2) is 0 Å². The lowest BCUT2D eigenvalue weighted by atomic mass is 9.82. The Balaban J connectivity index is 2.37. The van der Waals surface area contributed by atoms with E-state index in [-0.39, 0.29) is 16.8 Å². The van der Waals surface area contributed by atoms with Crippen molar-refractivity contribution in [3.8, 4) is 0 Å². The van der Waals surface area contributed by atoms with Crippen LogP contribution in [0.3, 0.4) is 0 Å². The van der Waals surface area contributed by atoms with E-state index in [2.05, 4.69) is 10.1 Å². The van der Waals surface area contributed by atoms with Gasteiger partial charge in [0.1, 0.15) is 18.7 Å². The summed E-state index contributed by atoms with van der Waals surface area (Å²) >= 11 is 6.62. The lowest BCUT2D eigenvalue weighted by Gasteiger charge is -2.35. The minimum absolute atomic E-state index is 0.307. The van der Waals surface area contributed by atoms with E-state index in [0.29, 0.717) is 0 Å². The predicted octanol–water partition coefficient (Wildman–Crippen LogP) is 3.21. The highest BCUT2D eigenvalue weighted by atomic mass is 35.5. The van der Waals surface area contributed by atoms with Crippen molar-refractivity contribution in [3.63, 3.8) is 0 Å². The molecule has 1 heterocycles. The van der Waals surface area contributed by atoms with Crippen LogP contribution in [-0.2, 0) is 0 Å². The highest BCUT2D eigenvalue weighted by Gasteiger charge is 2.37. The zero-order valence-electron chi connectivity index (χ0n) is 11.9. The van der Waals surface area contributed by atoms with Crippen LogP contribution in [-0.4, -0.2) is 26.0 Å². The lowest BCUT2D eigenvalue weighted by molar-refractivity contribution is 0.0106. The van der Waals surface area contributed by atoms with Crippen LogP contribution in [0.5, 0.6) is 0 Å². The maximum Gasteiger partial charge on any atom is 0.137 e. The van der Waals surface area contributed by atoms with Crippen LogP contribution in [0.15, 0.2) is 43.0 Å². The molecule has 0 spiro atoms. The molecule has 2 rings (SSSR count). The SMILES string of the molecule is CC(C)(C)C(O)C(C(Cl)c1ccccc1)n1cncn1. The molecule has 4 nitrogen and oxygen atoms in total. The Morgan fingerprint density at radius 1 is 1.20 bits per heavy atom. The molecule has 1 aromatic heterocycles. The molecule has 20 heavy (non-hydrogen) atoms. The monoisotopic (exact) mass is 293 g/mol. The van der Waals surface area contributed by atoms with E-state index in [0.717, 1.165) is 5.56 Å². The van der Waals surface area contributed by atoms with Crippen molar-refractivity contribution < 1.29 is 5.11 Å². The third kappa shape index (κ3) is 3.19. The Hall–Kier alpha value is -1.39. The van der Waals surface area contributed by atoms with Gasteiger partial charge in [0.25, 0.3) is 0 Å². The Morgan fingerprint density at radius 2 is 1.85 bits per heavy atom. The van der Waals surface area contributed by atoms with Gasteiger partial charge >= 0.3 is 0 Å². The standard InChI is InChI=1S/C15H20ClN3O/c1-15(2,3)14(20)13(19-10-17-9-18-19)12(16)11-7-5-4-6-8-11/h4-10,12-14,20H,1-3H3. The molecule has 0 radical (unpaired) electrons. The van der Waals surface area contributed by atoms with E-state index in [1.807, 2.05) is 51.1 Å². The van der Waals surface area contributed by atoms with Crippen LogP contribution in [0, 0.1) is 5.41 Å². The first-order chi connectivity index (χ1) is 9.41. The summed E-state index contributed by atoms with van der Waals surface area (Å²) in [7, 11) is 0. The minimum Gasteiger partial charge on any atom is -0.390 e. The summed E-state index contributed by atoms with van der Waals surface area (Å²) in [4.78, 5) is 3.97. The number of hydrogen-bond donors (Lipinski definition) is 1. The molecule has 0 bridgehead atoms. The van der Waals surface area contributed by atoms with Gasteiger partial charge in [0.05, 0.1) is 11.5 Å². The Morgan fingerprint density at radius 3 is 2.35 bits per heavy atom. The van der Waals surface area contributed by atoms with Gasteiger partial charge in [0, 0.05) is 0 Å². The normalized spacial score (nSPS) is 16.6. The summed E-state index contributed by atoms with van der Waals surface area (Å²) < 4.78 is 1.64. The quantitative estimate of drug-likeness (QED) is 0.881. The molecule has 1 N–H and O–H groups in total. The van der Waals surface area contributed by atoms with Gasteiger partial charge in [-0.25, -0.2) is 9.67 Å². The molecule has 0 aliphatic carbocycles. The van der Waals surface area contributed by atoms with Gasteiger partial charge in [-0.1, -0.05) is 51.1 Å². The Bertz CT molecular complexity index is 522. The van der Waals surface area contributed by atoms with Crippen molar-refractivity contribution in [1.29, 1.82) is 0 Å². The maximum absolute atomic E-state index is 10.7. The van der Waals surface area contributed by atoms with Crippen molar-refractivity contribution in [2.75, 3.05) is 0 Å². The average molecular weight is 294 g/mol. The highest BCUT2D eigenvalue weighted by Crippen LogP contribution is 2.39. The van der Waals surface area contributed by atoms with Crippen LogP contribution < -0.4 is 0 Å². The fourth-order valence-corrected chi connectivity index (χ4v) is 2.56. The Kier molecular flexibility index (Phi) is 4.45. The first-order valence-corrected chi connectivity index (χ1v) is 7.06. The van der Waals surface area contributed by atoms with Crippen molar-refractivity contribution >= 4 is 11.6 Å². The molecule has 0 saturated carbocycles. The molecule has 0 aliphatic heterocycles. The summed E-state index contributed by atoms with van der Waals surface area (Å²) in [6, 6.07) is 9.35. The van der Waals surface area contributed by atoms with Gasteiger partial charge < -0.3 is 5.11 Å². The smallest absolute Gasteiger partial charge is 0.137 e. The molecule has 1 aromatic carbocycles. The van der Waals surface area contributed by atoms with Crippen molar-refractivity contribution in [3.05, 3.63) is 48.5 Å². The molecule has 0 amide bonds. The van der Waals surface area contributed by atoms with Crippen molar-refractivity contribution in [2.45, 2.75) is 38.3 Å². The van der Waals surface area contributed by atoms with E-state index in [9.17, 15) is 5.11 Å². The maximum atomic E-state index is 10.7. The van der Waals surface area contributed by atoms with Crippen LogP contribution in [0.25, 0.3) is 0 Å². The second kappa shape index (κ2) is 5.94. The highest BCUT2D eigenvalue weighted by molar-refractivity contribution is 6.21. The number of halogens is 1. The van der Waals surface area contributed by atoms with Gasteiger partial charge in [-0.15, -0.1) is 11.6 Å². The number of aliphatic hydroxyl groups excluding tert-OH is 1. The van der Waals surface area contributed by atoms with Gasteiger partial charge in [-0.05, 0) is 11.0 Å². The number of nitrogens with zero attached hydrogens (tertiary/aromatic N) is 3. The number of aromatic nitrogens is 3. The first-order valence-electron chi connectivity index (χ1n) is 6.62. The molecular formula is C15H20ClN3O. The number of aliphatic hydroxyl groups is 1. The molecule has 0 fully saturated rings.